The number of rotatable bonds is 6. The van der Waals surface area contributed by atoms with E-state index in [0.717, 1.165) is 25.8 Å². The molecule has 1 rings (SSSR count). The molecule has 1 aliphatic carbocycles. The quantitative estimate of drug-likeness (QED) is 0.802. The zero-order valence-corrected chi connectivity index (χ0v) is 12.9. The van der Waals surface area contributed by atoms with Crippen LogP contribution in [0.3, 0.4) is 0 Å². The molecule has 1 fully saturated rings. The molecular formula is C15H30N2O2. The summed E-state index contributed by atoms with van der Waals surface area (Å²) < 4.78 is 5.11. The summed E-state index contributed by atoms with van der Waals surface area (Å²) in [6.07, 6.45) is 3.20. The highest BCUT2D eigenvalue weighted by molar-refractivity contribution is 5.79. The van der Waals surface area contributed by atoms with E-state index >= 15 is 0 Å². The van der Waals surface area contributed by atoms with Gasteiger partial charge >= 0.3 is 0 Å². The van der Waals surface area contributed by atoms with Crippen molar-refractivity contribution in [1.29, 1.82) is 0 Å². The zero-order chi connectivity index (χ0) is 14.4. The summed E-state index contributed by atoms with van der Waals surface area (Å²) in [6, 6.07) is 0.0125. The van der Waals surface area contributed by atoms with Gasteiger partial charge in [0.15, 0.2) is 0 Å². The Morgan fingerprint density at radius 1 is 1.42 bits per heavy atom. The van der Waals surface area contributed by atoms with E-state index in [0.29, 0.717) is 25.0 Å². The molecule has 3 unspecified atom stereocenters. The zero-order valence-electron chi connectivity index (χ0n) is 12.9. The van der Waals surface area contributed by atoms with Gasteiger partial charge in [-0.1, -0.05) is 27.2 Å². The van der Waals surface area contributed by atoms with E-state index in [2.05, 4.69) is 20.8 Å². The fourth-order valence-corrected chi connectivity index (χ4v) is 2.90. The molecule has 4 heteroatoms. The Morgan fingerprint density at radius 3 is 2.68 bits per heavy atom. The molecule has 0 aromatic carbocycles. The molecule has 3 atom stereocenters. The van der Waals surface area contributed by atoms with Crippen LogP contribution in [-0.2, 0) is 9.53 Å². The van der Waals surface area contributed by atoms with Crippen LogP contribution in [0.15, 0.2) is 0 Å². The van der Waals surface area contributed by atoms with Crippen LogP contribution >= 0.6 is 0 Å². The van der Waals surface area contributed by atoms with Crippen molar-refractivity contribution < 1.29 is 9.53 Å². The van der Waals surface area contributed by atoms with Gasteiger partial charge in [0.05, 0.1) is 12.5 Å². The van der Waals surface area contributed by atoms with Crippen molar-refractivity contribution in [3.05, 3.63) is 0 Å². The van der Waals surface area contributed by atoms with Gasteiger partial charge in [-0.15, -0.1) is 0 Å². The predicted molar refractivity (Wildman–Crippen MR) is 77.8 cm³/mol. The van der Waals surface area contributed by atoms with Gasteiger partial charge in [0.1, 0.15) is 0 Å². The van der Waals surface area contributed by atoms with Gasteiger partial charge in [0, 0.05) is 26.2 Å². The number of nitrogens with zero attached hydrogens (tertiary/aromatic N) is 1. The Balaban J connectivity index is 2.68. The van der Waals surface area contributed by atoms with E-state index in [9.17, 15) is 4.79 Å². The summed E-state index contributed by atoms with van der Waals surface area (Å²) in [6.45, 7) is 8.49. The number of ether oxygens (including phenoxy) is 1. The third-order valence-corrected chi connectivity index (χ3v) is 4.08. The molecular weight excluding hydrogens is 240 g/mol. The van der Waals surface area contributed by atoms with Gasteiger partial charge in [-0.25, -0.2) is 0 Å². The van der Waals surface area contributed by atoms with Crippen LogP contribution in [0.5, 0.6) is 0 Å². The largest absolute Gasteiger partial charge is 0.383 e. The van der Waals surface area contributed by atoms with E-state index in [1.54, 1.807) is 7.11 Å². The lowest BCUT2D eigenvalue weighted by atomic mass is 9.77. The summed E-state index contributed by atoms with van der Waals surface area (Å²) >= 11 is 0. The van der Waals surface area contributed by atoms with Gasteiger partial charge in [-0.3, -0.25) is 4.79 Å². The molecule has 0 saturated heterocycles. The maximum absolute atomic E-state index is 12.7. The fourth-order valence-electron chi connectivity index (χ4n) is 2.90. The van der Waals surface area contributed by atoms with E-state index in [-0.39, 0.29) is 17.9 Å². The first-order chi connectivity index (χ1) is 8.97. The maximum atomic E-state index is 12.7. The molecule has 2 N–H and O–H groups in total. The summed E-state index contributed by atoms with van der Waals surface area (Å²) in [5.41, 5.74) is 6.24. The Bertz CT molecular complexity index is 281. The molecule has 1 saturated carbocycles. The Kier molecular flexibility index (Phi) is 6.80. The summed E-state index contributed by atoms with van der Waals surface area (Å²) in [5.74, 6) is 1.15. The average molecular weight is 270 g/mol. The monoisotopic (exact) mass is 270 g/mol. The smallest absolute Gasteiger partial charge is 0.227 e. The molecule has 19 heavy (non-hydrogen) atoms. The summed E-state index contributed by atoms with van der Waals surface area (Å²) in [4.78, 5) is 14.6. The van der Waals surface area contributed by atoms with Crippen LogP contribution in [0.2, 0.25) is 0 Å². The maximum Gasteiger partial charge on any atom is 0.227 e. The normalized spacial score (nSPS) is 27.6. The molecule has 1 aliphatic rings. The van der Waals surface area contributed by atoms with Crippen LogP contribution in [0, 0.1) is 17.8 Å². The number of nitrogens with two attached hydrogens (primary N) is 1. The molecule has 0 aliphatic heterocycles. The van der Waals surface area contributed by atoms with Crippen LogP contribution in [0.25, 0.3) is 0 Å². The van der Waals surface area contributed by atoms with Crippen molar-refractivity contribution in [2.45, 2.75) is 46.1 Å². The van der Waals surface area contributed by atoms with Crippen molar-refractivity contribution in [1.82, 2.24) is 4.90 Å². The average Bonchev–Trinajstić information content (AvgIpc) is 2.36. The lowest BCUT2D eigenvalue weighted by molar-refractivity contribution is -0.139. The van der Waals surface area contributed by atoms with E-state index < -0.39 is 0 Å². The van der Waals surface area contributed by atoms with Crippen molar-refractivity contribution in [3.63, 3.8) is 0 Å². The van der Waals surface area contributed by atoms with E-state index in [1.807, 2.05) is 4.90 Å². The van der Waals surface area contributed by atoms with E-state index in [1.165, 1.54) is 0 Å². The number of hydrogen-bond donors (Lipinski definition) is 1. The molecule has 1 amide bonds. The Hall–Kier alpha value is -0.610. The third-order valence-electron chi connectivity index (χ3n) is 4.08. The fraction of sp³-hybridized carbons (Fsp3) is 0.933. The van der Waals surface area contributed by atoms with Crippen molar-refractivity contribution in [2.75, 3.05) is 26.8 Å². The van der Waals surface area contributed by atoms with Crippen LogP contribution in [-0.4, -0.2) is 43.7 Å². The first kappa shape index (κ1) is 16.4. The number of carbonyl (C=O) groups is 1. The number of amides is 1. The Morgan fingerprint density at radius 2 is 2.11 bits per heavy atom. The molecule has 4 nitrogen and oxygen atoms in total. The molecule has 0 aromatic rings. The van der Waals surface area contributed by atoms with Gasteiger partial charge in [-0.2, -0.15) is 0 Å². The first-order valence-electron chi connectivity index (χ1n) is 7.50. The summed E-state index contributed by atoms with van der Waals surface area (Å²) in [5, 5.41) is 0. The van der Waals surface area contributed by atoms with Gasteiger partial charge in [-0.05, 0) is 24.7 Å². The molecule has 0 bridgehead atoms. The highest BCUT2D eigenvalue weighted by Gasteiger charge is 2.35. The van der Waals surface area contributed by atoms with Crippen LogP contribution in [0.4, 0.5) is 0 Å². The molecule has 0 heterocycles. The highest BCUT2D eigenvalue weighted by atomic mass is 16.5. The first-order valence-corrected chi connectivity index (χ1v) is 7.50. The minimum Gasteiger partial charge on any atom is -0.383 e. The minimum atomic E-state index is -0.000596. The predicted octanol–water partition coefficient (Wildman–Crippen LogP) is 1.88. The van der Waals surface area contributed by atoms with Crippen LogP contribution in [0.1, 0.15) is 40.0 Å². The second kappa shape index (κ2) is 7.85. The van der Waals surface area contributed by atoms with Crippen molar-refractivity contribution >= 4 is 5.91 Å². The van der Waals surface area contributed by atoms with Gasteiger partial charge in [0.2, 0.25) is 5.91 Å². The molecule has 112 valence electrons. The standard InChI is InChI=1S/C15H30N2O2/c1-11(2)10-17(8-9-19-4)15(18)13-7-5-6-12(3)14(13)16/h11-14H,5-10,16H2,1-4H3. The lowest BCUT2D eigenvalue weighted by Crippen LogP contribution is -2.50. The van der Waals surface area contributed by atoms with Crippen LogP contribution < -0.4 is 5.73 Å². The number of hydrogen-bond acceptors (Lipinski definition) is 3. The van der Waals surface area contributed by atoms with Gasteiger partial charge in [0.25, 0.3) is 0 Å². The molecule has 0 aromatic heterocycles. The van der Waals surface area contributed by atoms with Crippen molar-refractivity contribution in [3.8, 4) is 0 Å². The molecule has 0 radical (unpaired) electrons. The second-order valence-electron chi connectivity index (χ2n) is 6.26. The van der Waals surface area contributed by atoms with E-state index in [4.69, 9.17) is 10.5 Å². The number of methoxy groups -OCH3 is 1. The third kappa shape index (κ3) is 4.77. The Labute approximate surface area is 117 Å². The minimum absolute atomic E-state index is 0.000596. The molecule has 0 spiro atoms. The van der Waals surface area contributed by atoms with Crippen molar-refractivity contribution in [2.24, 2.45) is 23.5 Å². The second-order valence-corrected chi connectivity index (χ2v) is 6.26. The number of carbonyl (C=O) groups excluding carboxylic acids is 1. The highest BCUT2D eigenvalue weighted by Crippen LogP contribution is 2.29. The topological polar surface area (TPSA) is 55.6 Å². The lowest BCUT2D eigenvalue weighted by Gasteiger charge is -2.36. The summed E-state index contributed by atoms with van der Waals surface area (Å²) in [7, 11) is 1.67. The SMILES string of the molecule is COCCN(CC(C)C)C(=O)C1CCCC(C)C1N. The van der Waals surface area contributed by atoms with Gasteiger partial charge < -0.3 is 15.4 Å².